The van der Waals surface area contributed by atoms with E-state index in [1.165, 1.54) is 6.92 Å². The monoisotopic (exact) mass is 736 g/mol. The zero-order chi connectivity index (χ0) is 27.2. The number of fused-ring (bicyclic) bond motifs is 5. The maximum Gasteiger partial charge on any atom is 0.217 e. The predicted octanol–water partition coefficient (Wildman–Crippen LogP) is 0.452. The number of carbonyl (C=O) groups is 2. The molecule has 0 spiro atoms. The summed E-state index contributed by atoms with van der Waals surface area (Å²) in [5.74, 6) is -2.72. The third kappa shape index (κ3) is 4.36. The van der Waals surface area contributed by atoms with Crippen LogP contribution in [-0.2, 0) is 14.3 Å². The summed E-state index contributed by atoms with van der Waals surface area (Å²) < 4.78 is 5.58. The third-order valence-corrected chi connectivity index (χ3v) is 10.6. The molecule has 2 saturated carbocycles. The first kappa shape index (κ1) is 31.6. The molecule has 6 N–H and O–H groups in total. The van der Waals surface area contributed by atoms with E-state index in [-0.39, 0.29) is 81.8 Å². The SMILES string of the molecule is CC(=O)NC(C)C(O)C[C@H]1CC2(O)C(C)C3C4(O)COC4CC(O)[C@@]3(C)C(=O)C(O)C(=C1C)C2(C)C.[Ac]. The van der Waals surface area contributed by atoms with Gasteiger partial charge in [0.2, 0.25) is 5.91 Å². The van der Waals surface area contributed by atoms with Crippen molar-refractivity contribution in [2.45, 2.75) is 109 Å². The molecule has 4 aliphatic rings. The van der Waals surface area contributed by atoms with E-state index in [0.29, 0.717) is 5.57 Å². The van der Waals surface area contributed by atoms with Crippen molar-refractivity contribution in [2.24, 2.45) is 28.6 Å². The zero-order valence-corrected chi connectivity index (χ0v) is 27.7. The number of nitrogens with one attached hydrogen (secondary N) is 1. The number of ketones is 1. The van der Waals surface area contributed by atoms with Crippen molar-refractivity contribution >= 4 is 11.7 Å². The number of aliphatic hydroxyl groups is 5. The molecule has 3 fully saturated rings. The number of amides is 1. The fourth-order valence-corrected chi connectivity index (χ4v) is 8.29. The fraction of sp³-hybridized carbons (Fsp3) is 0.852. The molecule has 10 heteroatoms. The molecule has 9 nitrogen and oxygen atoms in total. The van der Waals surface area contributed by atoms with E-state index >= 15 is 0 Å². The molecular weight excluding hydrogens is 693 g/mol. The van der Waals surface area contributed by atoms with Gasteiger partial charge in [0, 0.05) is 68.7 Å². The van der Waals surface area contributed by atoms with Crippen LogP contribution >= 0.6 is 0 Å². The number of hydrogen-bond donors (Lipinski definition) is 6. The first-order valence-electron chi connectivity index (χ1n) is 13.1. The van der Waals surface area contributed by atoms with Gasteiger partial charge in [0.1, 0.15) is 11.7 Å². The van der Waals surface area contributed by atoms with E-state index in [0.717, 1.165) is 5.57 Å². The third-order valence-electron chi connectivity index (χ3n) is 10.6. The van der Waals surface area contributed by atoms with Crippen LogP contribution in [0.2, 0.25) is 0 Å². The van der Waals surface area contributed by atoms with E-state index in [2.05, 4.69) is 5.32 Å². The largest absolute Gasteiger partial charge is 0.392 e. The minimum atomic E-state index is -1.59. The topological polar surface area (TPSA) is 157 Å². The Labute approximate surface area is 255 Å². The molecule has 9 unspecified atom stereocenters. The summed E-state index contributed by atoms with van der Waals surface area (Å²) in [5.41, 5.74) is -4.29. The summed E-state index contributed by atoms with van der Waals surface area (Å²) in [7, 11) is 0. The summed E-state index contributed by atoms with van der Waals surface area (Å²) in [6.45, 7) is 11.9. The molecule has 3 aliphatic carbocycles. The quantitative estimate of drug-likeness (QED) is 0.228. The van der Waals surface area contributed by atoms with Crippen molar-refractivity contribution in [3.8, 4) is 0 Å². The van der Waals surface area contributed by atoms with Crippen LogP contribution in [0.4, 0.5) is 0 Å². The minimum absolute atomic E-state index is 0. The van der Waals surface area contributed by atoms with Crippen molar-refractivity contribution in [3.05, 3.63) is 11.1 Å². The van der Waals surface area contributed by atoms with Gasteiger partial charge in [0.25, 0.3) is 0 Å². The molecule has 1 aliphatic heterocycles. The normalized spacial score (nSPS) is 46.2. The van der Waals surface area contributed by atoms with Crippen molar-refractivity contribution in [1.82, 2.24) is 5.32 Å². The minimum Gasteiger partial charge on any atom is -0.392 e. The van der Waals surface area contributed by atoms with Crippen molar-refractivity contribution in [3.63, 3.8) is 0 Å². The second-order valence-corrected chi connectivity index (χ2v) is 12.7. The molecule has 1 heterocycles. The predicted molar refractivity (Wildman–Crippen MR) is 131 cm³/mol. The summed E-state index contributed by atoms with van der Waals surface area (Å²) >= 11 is 0. The van der Waals surface area contributed by atoms with Gasteiger partial charge >= 0.3 is 0 Å². The average Bonchev–Trinajstić information content (AvgIpc) is 2.77. The van der Waals surface area contributed by atoms with Crippen LogP contribution in [0, 0.1) is 72.6 Å². The smallest absolute Gasteiger partial charge is 0.217 e. The number of allylic oxidation sites excluding steroid dienone is 1. The maximum absolute atomic E-state index is 14.1. The van der Waals surface area contributed by atoms with Gasteiger partial charge in [-0.25, -0.2) is 0 Å². The van der Waals surface area contributed by atoms with Gasteiger partial charge in [-0.1, -0.05) is 26.3 Å². The van der Waals surface area contributed by atoms with Crippen LogP contribution in [0.15, 0.2) is 11.1 Å². The molecule has 207 valence electrons. The van der Waals surface area contributed by atoms with E-state index in [9.17, 15) is 35.1 Å². The fourth-order valence-electron chi connectivity index (χ4n) is 8.29. The average molecular weight is 737 g/mol. The first-order valence-corrected chi connectivity index (χ1v) is 13.1. The van der Waals surface area contributed by atoms with Gasteiger partial charge in [-0.05, 0) is 51.0 Å². The molecule has 4 rings (SSSR count). The Balaban J connectivity index is 0.00000380. The number of rotatable bonds is 4. The number of ether oxygens (including phenoxy) is 1. The number of aliphatic hydroxyl groups excluding tert-OH is 3. The number of carbonyl (C=O) groups excluding carboxylic acids is 2. The van der Waals surface area contributed by atoms with Crippen molar-refractivity contribution < 1.29 is 83.9 Å². The second kappa shape index (κ2) is 10.2. The van der Waals surface area contributed by atoms with Gasteiger partial charge < -0.3 is 35.6 Å². The molecule has 0 aromatic heterocycles. The first-order chi connectivity index (χ1) is 16.4. The van der Waals surface area contributed by atoms with E-state index in [1.54, 1.807) is 13.8 Å². The standard InChI is InChI=1S/C27H43NO8.Ac/c1-12-16(8-17(30)14(3)28-15(4)29)10-27(35)13(2)22-25(7,18(31)9-19-26(22,34)11-36-19)23(33)21(32)20(12)24(27,5)6;/h13-14,16-19,21-22,30-32,34-35H,8-11H2,1-7H3,(H,28,29);/t13?,14?,16-,17?,18?,19?,21?,22?,25+,26?,27?;/m0./s1. The van der Waals surface area contributed by atoms with Crippen LogP contribution in [0.5, 0.6) is 0 Å². The van der Waals surface area contributed by atoms with Crippen LogP contribution in [0.1, 0.15) is 67.7 Å². The molecule has 0 aromatic carbocycles. The van der Waals surface area contributed by atoms with Crippen LogP contribution < -0.4 is 5.32 Å². The summed E-state index contributed by atoms with van der Waals surface area (Å²) in [5, 5.41) is 60.6. The Morgan fingerprint density at radius 1 is 1.22 bits per heavy atom. The molecular formula is C27H43AcNO8. The molecule has 1 saturated heterocycles. The van der Waals surface area contributed by atoms with Gasteiger partial charge in [0.05, 0.1) is 42.0 Å². The van der Waals surface area contributed by atoms with Gasteiger partial charge in [0.15, 0.2) is 5.78 Å². The van der Waals surface area contributed by atoms with E-state index in [1.807, 2.05) is 27.7 Å². The Hall–Kier alpha value is 0.0816. The Bertz CT molecular complexity index is 985. The Morgan fingerprint density at radius 2 is 1.81 bits per heavy atom. The molecule has 37 heavy (non-hydrogen) atoms. The van der Waals surface area contributed by atoms with Crippen molar-refractivity contribution in [2.75, 3.05) is 6.61 Å². The summed E-state index contributed by atoms with van der Waals surface area (Å²) in [6.07, 6.45) is -3.79. The Kier molecular flexibility index (Phi) is 8.69. The molecule has 2 bridgehead atoms. The van der Waals surface area contributed by atoms with E-state index < -0.39 is 70.1 Å². The second-order valence-electron chi connectivity index (χ2n) is 12.7. The van der Waals surface area contributed by atoms with Gasteiger partial charge in [-0.2, -0.15) is 0 Å². The van der Waals surface area contributed by atoms with E-state index in [4.69, 9.17) is 4.74 Å². The maximum atomic E-state index is 14.1. The van der Waals surface area contributed by atoms with Crippen molar-refractivity contribution in [1.29, 1.82) is 0 Å². The molecule has 0 aromatic rings. The molecule has 1 radical (unpaired) electrons. The number of hydrogen-bond acceptors (Lipinski definition) is 8. The molecule has 1 amide bonds. The summed E-state index contributed by atoms with van der Waals surface area (Å²) in [4.78, 5) is 25.6. The van der Waals surface area contributed by atoms with Gasteiger partial charge in [-0.15, -0.1) is 0 Å². The Morgan fingerprint density at radius 3 is 2.32 bits per heavy atom. The van der Waals surface area contributed by atoms with Gasteiger partial charge in [-0.3, -0.25) is 9.59 Å². The van der Waals surface area contributed by atoms with Crippen LogP contribution in [0.3, 0.4) is 0 Å². The van der Waals surface area contributed by atoms with Crippen LogP contribution in [-0.4, -0.2) is 85.5 Å². The summed E-state index contributed by atoms with van der Waals surface area (Å²) in [6, 6.07) is -0.524. The number of Topliss-reactive ketones (excluding diaryl/α,β-unsaturated/α-hetero) is 1. The molecule has 11 atom stereocenters. The zero-order valence-electron chi connectivity index (χ0n) is 23.0. The van der Waals surface area contributed by atoms with Crippen LogP contribution in [0.25, 0.3) is 0 Å².